The summed E-state index contributed by atoms with van der Waals surface area (Å²) in [5, 5.41) is 11.0. The Bertz CT molecular complexity index is 142. The Morgan fingerprint density at radius 2 is 2.17 bits per heavy atom. The largest absolute Gasteiger partial charge is 0.389 e. The smallest absolute Gasteiger partial charge is 0.0958 e. The Morgan fingerprint density at radius 1 is 1.50 bits per heavy atom. The van der Waals surface area contributed by atoms with Crippen molar-refractivity contribution >= 4 is 0 Å². The van der Waals surface area contributed by atoms with Gasteiger partial charge in [0.25, 0.3) is 0 Å². The molecule has 0 aromatic heterocycles. The molecule has 1 atom stereocenters. The summed E-state index contributed by atoms with van der Waals surface area (Å²) in [6, 6.07) is 0. The zero-order valence-electron chi connectivity index (χ0n) is 8.21. The molecule has 0 aliphatic carbocycles. The first-order valence-electron chi connectivity index (χ1n) is 4.53. The van der Waals surface area contributed by atoms with Crippen LogP contribution < -0.4 is 0 Å². The van der Waals surface area contributed by atoms with E-state index >= 15 is 0 Å². The van der Waals surface area contributed by atoms with Crippen molar-refractivity contribution in [1.29, 1.82) is 0 Å². The van der Waals surface area contributed by atoms with Gasteiger partial charge in [-0.3, -0.25) is 4.84 Å². The fourth-order valence-corrected chi connectivity index (χ4v) is 1.15. The number of nitrogens with zero attached hydrogens (tertiary/aromatic N) is 1. The van der Waals surface area contributed by atoms with Crippen molar-refractivity contribution in [3.05, 3.63) is 0 Å². The van der Waals surface area contributed by atoms with Crippen molar-refractivity contribution in [2.45, 2.75) is 33.3 Å². The predicted octanol–water partition coefficient (Wildman–Crippen LogP) is 1.03. The molecule has 12 heavy (non-hydrogen) atoms. The molecule has 3 nitrogen and oxygen atoms in total. The van der Waals surface area contributed by atoms with Gasteiger partial charge >= 0.3 is 0 Å². The van der Waals surface area contributed by atoms with Crippen LogP contribution in [0.3, 0.4) is 0 Å². The summed E-state index contributed by atoms with van der Waals surface area (Å²) in [4.78, 5) is 5.24. The van der Waals surface area contributed by atoms with E-state index in [1.807, 2.05) is 5.06 Å². The summed E-state index contributed by atoms with van der Waals surface area (Å²) >= 11 is 0. The Labute approximate surface area is 74.3 Å². The molecule has 1 rings (SSSR count). The van der Waals surface area contributed by atoms with Gasteiger partial charge in [0.05, 0.1) is 19.3 Å². The number of aliphatic hydroxyl groups is 1. The lowest BCUT2D eigenvalue weighted by molar-refractivity contribution is -0.114. The van der Waals surface area contributed by atoms with Gasteiger partial charge in [0.1, 0.15) is 0 Å². The summed E-state index contributed by atoms with van der Waals surface area (Å²) in [5.74, 6) is 0. The maximum atomic E-state index is 9.16. The zero-order chi connectivity index (χ0) is 9.19. The summed E-state index contributed by atoms with van der Waals surface area (Å²) in [6.45, 7) is 8.67. The van der Waals surface area contributed by atoms with Crippen LogP contribution in [0.15, 0.2) is 0 Å². The quantitative estimate of drug-likeness (QED) is 0.677. The van der Waals surface area contributed by atoms with Gasteiger partial charge in [0.15, 0.2) is 0 Å². The zero-order valence-corrected chi connectivity index (χ0v) is 8.21. The van der Waals surface area contributed by atoms with Crippen LogP contribution >= 0.6 is 0 Å². The molecule has 1 fully saturated rings. The molecule has 0 aromatic rings. The van der Waals surface area contributed by atoms with Gasteiger partial charge in [-0.25, -0.2) is 0 Å². The molecule has 0 spiro atoms. The average Bonchev–Trinajstić information content (AvgIpc) is 2.30. The maximum Gasteiger partial charge on any atom is 0.0958 e. The first-order valence-corrected chi connectivity index (χ1v) is 4.53. The van der Waals surface area contributed by atoms with Crippen molar-refractivity contribution in [3.63, 3.8) is 0 Å². The SMILES string of the molecule is CC(C)(C)CCN1C[C@H](O)CO1. The van der Waals surface area contributed by atoms with Gasteiger partial charge in [-0.15, -0.1) is 0 Å². The number of rotatable bonds is 2. The van der Waals surface area contributed by atoms with Crippen molar-refractivity contribution in [2.24, 2.45) is 5.41 Å². The highest BCUT2D eigenvalue weighted by molar-refractivity contribution is 4.68. The summed E-state index contributed by atoms with van der Waals surface area (Å²) in [7, 11) is 0. The highest BCUT2D eigenvalue weighted by atomic mass is 16.7. The normalized spacial score (nSPS) is 26.5. The first kappa shape index (κ1) is 9.96. The van der Waals surface area contributed by atoms with E-state index in [1.54, 1.807) is 0 Å². The number of hydrogen-bond donors (Lipinski definition) is 1. The van der Waals surface area contributed by atoms with Crippen LogP contribution in [-0.2, 0) is 4.84 Å². The molecule has 0 radical (unpaired) electrons. The molecule has 0 amide bonds. The van der Waals surface area contributed by atoms with Crippen molar-refractivity contribution in [2.75, 3.05) is 19.7 Å². The van der Waals surface area contributed by atoms with Crippen LogP contribution in [0.2, 0.25) is 0 Å². The Kier molecular flexibility index (Phi) is 3.09. The highest BCUT2D eigenvalue weighted by Gasteiger charge is 2.22. The van der Waals surface area contributed by atoms with E-state index in [0.29, 0.717) is 18.6 Å². The second-order valence-corrected chi connectivity index (χ2v) is 4.65. The fraction of sp³-hybridized carbons (Fsp3) is 1.00. The number of hydroxylamine groups is 2. The maximum absolute atomic E-state index is 9.16. The van der Waals surface area contributed by atoms with Crippen LogP contribution in [0, 0.1) is 5.41 Å². The molecule has 0 unspecified atom stereocenters. The van der Waals surface area contributed by atoms with E-state index < -0.39 is 0 Å². The second-order valence-electron chi connectivity index (χ2n) is 4.65. The molecular formula is C9H19NO2. The Morgan fingerprint density at radius 3 is 2.58 bits per heavy atom. The molecule has 3 heteroatoms. The van der Waals surface area contributed by atoms with Crippen molar-refractivity contribution in [3.8, 4) is 0 Å². The van der Waals surface area contributed by atoms with Gasteiger partial charge < -0.3 is 5.11 Å². The second kappa shape index (κ2) is 3.73. The molecule has 1 aliphatic rings. The minimum Gasteiger partial charge on any atom is -0.389 e. The predicted molar refractivity (Wildman–Crippen MR) is 47.6 cm³/mol. The van der Waals surface area contributed by atoms with E-state index in [2.05, 4.69) is 20.8 Å². The lowest BCUT2D eigenvalue weighted by Crippen LogP contribution is -2.25. The third-order valence-electron chi connectivity index (χ3n) is 1.98. The van der Waals surface area contributed by atoms with Crippen molar-refractivity contribution in [1.82, 2.24) is 5.06 Å². The Balaban J connectivity index is 2.16. The molecule has 0 bridgehead atoms. The first-order chi connectivity index (χ1) is 5.47. The van der Waals surface area contributed by atoms with E-state index in [4.69, 9.17) is 9.94 Å². The molecule has 72 valence electrons. The van der Waals surface area contributed by atoms with E-state index in [9.17, 15) is 0 Å². The van der Waals surface area contributed by atoms with Crippen LogP contribution in [0.5, 0.6) is 0 Å². The summed E-state index contributed by atoms with van der Waals surface area (Å²) in [6.07, 6.45) is 0.810. The van der Waals surface area contributed by atoms with Crippen LogP contribution in [0.25, 0.3) is 0 Å². The molecule has 1 saturated heterocycles. The van der Waals surface area contributed by atoms with Gasteiger partial charge in [0, 0.05) is 6.54 Å². The standard InChI is InChI=1S/C9H19NO2/c1-9(2,3)4-5-10-6-8(11)7-12-10/h8,11H,4-7H2,1-3H3/t8-/m0/s1. The number of hydrogen-bond acceptors (Lipinski definition) is 3. The fourth-order valence-electron chi connectivity index (χ4n) is 1.15. The number of β-amino-alcohol motifs (C(OH)–C–C–N with tert-alkyl or cyclic N) is 1. The molecule has 1 N–H and O–H groups in total. The third-order valence-corrected chi connectivity index (χ3v) is 1.98. The van der Waals surface area contributed by atoms with Gasteiger partial charge in [0.2, 0.25) is 0 Å². The van der Waals surface area contributed by atoms with Gasteiger partial charge in [-0.1, -0.05) is 20.8 Å². The highest BCUT2D eigenvalue weighted by Crippen LogP contribution is 2.19. The van der Waals surface area contributed by atoms with Crippen LogP contribution in [0.4, 0.5) is 0 Å². The topological polar surface area (TPSA) is 32.7 Å². The average molecular weight is 173 g/mol. The van der Waals surface area contributed by atoms with Gasteiger partial charge in [-0.05, 0) is 11.8 Å². The van der Waals surface area contributed by atoms with Crippen molar-refractivity contribution < 1.29 is 9.94 Å². The third kappa shape index (κ3) is 3.52. The van der Waals surface area contributed by atoms with Crippen LogP contribution in [-0.4, -0.2) is 36.0 Å². The minimum atomic E-state index is -0.287. The van der Waals surface area contributed by atoms with E-state index in [1.165, 1.54) is 0 Å². The Hall–Kier alpha value is -0.120. The molecular weight excluding hydrogens is 154 g/mol. The molecule has 0 saturated carbocycles. The van der Waals surface area contributed by atoms with E-state index in [0.717, 1.165) is 13.0 Å². The lowest BCUT2D eigenvalue weighted by Gasteiger charge is -2.21. The molecule has 0 aromatic carbocycles. The lowest BCUT2D eigenvalue weighted by atomic mass is 9.92. The monoisotopic (exact) mass is 173 g/mol. The molecule has 1 heterocycles. The minimum absolute atomic E-state index is 0.287. The van der Waals surface area contributed by atoms with Crippen LogP contribution in [0.1, 0.15) is 27.2 Å². The summed E-state index contributed by atoms with van der Waals surface area (Å²) < 4.78 is 0. The summed E-state index contributed by atoms with van der Waals surface area (Å²) in [5.41, 5.74) is 0.344. The van der Waals surface area contributed by atoms with E-state index in [-0.39, 0.29) is 6.10 Å². The number of aliphatic hydroxyl groups excluding tert-OH is 1. The molecule has 1 aliphatic heterocycles. The van der Waals surface area contributed by atoms with Gasteiger partial charge in [-0.2, -0.15) is 5.06 Å².